The Kier molecular flexibility index (Phi) is 3.52. The van der Waals surface area contributed by atoms with Gasteiger partial charge in [0.2, 0.25) is 0 Å². The van der Waals surface area contributed by atoms with E-state index in [1.165, 1.54) is 22.7 Å². The Morgan fingerprint density at radius 3 is 3.09 bits per heavy atom. The maximum Gasteiger partial charge on any atom is 0.107 e. The van der Waals surface area contributed by atoms with Crippen LogP contribution < -0.4 is 5.32 Å². The Labute approximate surface area is 71.7 Å². The molecule has 1 aromatic rings. The van der Waals surface area contributed by atoms with Crippen LogP contribution in [0.2, 0.25) is 0 Å². The predicted octanol–water partition coefficient (Wildman–Crippen LogP) is 1.81. The third-order valence-corrected chi connectivity index (χ3v) is 2.48. The van der Waals surface area contributed by atoms with Gasteiger partial charge in [0.25, 0.3) is 0 Å². The molecule has 11 heavy (non-hydrogen) atoms. The first-order chi connectivity index (χ1) is 5.36. The molecule has 0 aliphatic heterocycles. The summed E-state index contributed by atoms with van der Waals surface area (Å²) in [6, 6.07) is 0. The van der Waals surface area contributed by atoms with Crippen molar-refractivity contribution in [1.82, 2.24) is 10.3 Å². The molecule has 0 bridgehead atoms. The Morgan fingerprint density at radius 1 is 1.64 bits per heavy atom. The molecule has 0 amide bonds. The van der Waals surface area contributed by atoms with Crippen molar-refractivity contribution >= 4 is 11.3 Å². The molecule has 0 aliphatic rings. The second-order valence-electron chi connectivity index (χ2n) is 2.50. The third kappa shape index (κ3) is 2.60. The monoisotopic (exact) mass is 170 g/mol. The zero-order valence-corrected chi connectivity index (χ0v) is 7.87. The van der Waals surface area contributed by atoms with Gasteiger partial charge in [0.15, 0.2) is 0 Å². The quantitative estimate of drug-likeness (QED) is 0.745. The van der Waals surface area contributed by atoms with E-state index in [2.05, 4.69) is 17.2 Å². The minimum Gasteiger partial charge on any atom is -0.314 e. The molecule has 2 nitrogen and oxygen atoms in total. The molecule has 1 N–H and O–H groups in total. The molecule has 0 fully saturated rings. The summed E-state index contributed by atoms with van der Waals surface area (Å²) < 4.78 is 0. The zero-order chi connectivity index (χ0) is 8.10. The van der Waals surface area contributed by atoms with Gasteiger partial charge in [-0.05, 0) is 13.5 Å². The van der Waals surface area contributed by atoms with Crippen molar-refractivity contribution in [3.05, 3.63) is 16.1 Å². The van der Waals surface area contributed by atoms with Crippen molar-refractivity contribution in [3.63, 3.8) is 0 Å². The smallest absolute Gasteiger partial charge is 0.107 e. The van der Waals surface area contributed by atoms with Crippen molar-refractivity contribution in [3.8, 4) is 0 Å². The summed E-state index contributed by atoms with van der Waals surface area (Å²) >= 11 is 1.81. The number of thiazole rings is 1. The van der Waals surface area contributed by atoms with Crippen LogP contribution in [0.5, 0.6) is 0 Å². The SMILES string of the molecule is CCCc1cnc(CNC)s1. The van der Waals surface area contributed by atoms with Crippen LogP contribution in [-0.4, -0.2) is 12.0 Å². The van der Waals surface area contributed by atoms with Crippen molar-refractivity contribution in [1.29, 1.82) is 0 Å². The molecule has 0 saturated heterocycles. The highest BCUT2D eigenvalue weighted by molar-refractivity contribution is 7.11. The fourth-order valence-electron chi connectivity index (χ4n) is 0.943. The summed E-state index contributed by atoms with van der Waals surface area (Å²) in [6.07, 6.45) is 4.36. The maximum absolute atomic E-state index is 4.28. The van der Waals surface area contributed by atoms with E-state index in [-0.39, 0.29) is 0 Å². The summed E-state index contributed by atoms with van der Waals surface area (Å²) in [5.41, 5.74) is 0. The number of aryl methyl sites for hydroxylation is 1. The molecule has 0 unspecified atom stereocenters. The van der Waals surface area contributed by atoms with Gasteiger partial charge in [0.05, 0.1) is 0 Å². The number of hydrogen-bond acceptors (Lipinski definition) is 3. The summed E-state index contributed by atoms with van der Waals surface area (Å²) in [4.78, 5) is 5.68. The molecule has 1 rings (SSSR count). The molecular formula is C8H14N2S. The molecule has 1 heterocycles. The molecule has 0 spiro atoms. The number of nitrogens with zero attached hydrogens (tertiary/aromatic N) is 1. The average Bonchev–Trinajstić information content (AvgIpc) is 2.38. The fourth-order valence-corrected chi connectivity index (χ4v) is 1.98. The molecular weight excluding hydrogens is 156 g/mol. The van der Waals surface area contributed by atoms with Gasteiger partial charge in [-0.2, -0.15) is 0 Å². The van der Waals surface area contributed by atoms with Crippen LogP contribution in [0.3, 0.4) is 0 Å². The average molecular weight is 170 g/mol. The van der Waals surface area contributed by atoms with Crippen LogP contribution in [0.15, 0.2) is 6.20 Å². The molecule has 0 aromatic carbocycles. The van der Waals surface area contributed by atoms with Crippen molar-refractivity contribution in [2.45, 2.75) is 26.3 Å². The van der Waals surface area contributed by atoms with Crippen molar-refractivity contribution in [2.75, 3.05) is 7.05 Å². The molecule has 0 saturated carbocycles. The van der Waals surface area contributed by atoms with Crippen LogP contribution >= 0.6 is 11.3 Å². The zero-order valence-electron chi connectivity index (χ0n) is 7.05. The van der Waals surface area contributed by atoms with E-state index in [0.717, 1.165) is 6.54 Å². The van der Waals surface area contributed by atoms with Gasteiger partial charge in [0, 0.05) is 17.6 Å². The summed E-state index contributed by atoms with van der Waals surface area (Å²) in [7, 11) is 1.95. The predicted molar refractivity (Wildman–Crippen MR) is 48.9 cm³/mol. The number of aromatic nitrogens is 1. The minimum atomic E-state index is 0.897. The lowest BCUT2D eigenvalue weighted by Gasteiger charge is -1.90. The van der Waals surface area contributed by atoms with Gasteiger partial charge in [-0.15, -0.1) is 11.3 Å². The molecule has 62 valence electrons. The van der Waals surface area contributed by atoms with Gasteiger partial charge in [-0.25, -0.2) is 4.98 Å². The van der Waals surface area contributed by atoms with Crippen molar-refractivity contribution < 1.29 is 0 Å². The first-order valence-corrected chi connectivity index (χ1v) is 4.76. The van der Waals surface area contributed by atoms with Crippen LogP contribution in [0, 0.1) is 0 Å². The number of hydrogen-bond donors (Lipinski definition) is 1. The third-order valence-electron chi connectivity index (χ3n) is 1.43. The van der Waals surface area contributed by atoms with Crippen molar-refractivity contribution in [2.24, 2.45) is 0 Å². The topological polar surface area (TPSA) is 24.9 Å². The Balaban J connectivity index is 2.51. The van der Waals surface area contributed by atoms with Crippen LogP contribution in [0.1, 0.15) is 23.2 Å². The first kappa shape index (κ1) is 8.68. The van der Waals surface area contributed by atoms with Gasteiger partial charge >= 0.3 is 0 Å². The van der Waals surface area contributed by atoms with Gasteiger partial charge in [-0.3, -0.25) is 0 Å². The van der Waals surface area contributed by atoms with Crippen LogP contribution in [0.4, 0.5) is 0 Å². The number of nitrogens with one attached hydrogen (secondary N) is 1. The highest BCUT2D eigenvalue weighted by atomic mass is 32.1. The second-order valence-corrected chi connectivity index (χ2v) is 3.70. The van der Waals surface area contributed by atoms with E-state index < -0.39 is 0 Å². The Morgan fingerprint density at radius 2 is 2.45 bits per heavy atom. The highest BCUT2D eigenvalue weighted by Gasteiger charge is 1.98. The molecule has 0 aliphatic carbocycles. The largest absolute Gasteiger partial charge is 0.314 e. The summed E-state index contributed by atoms with van der Waals surface area (Å²) in [5, 5.41) is 4.28. The lowest BCUT2D eigenvalue weighted by molar-refractivity contribution is 0.810. The van der Waals surface area contributed by atoms with E-state index in [9.17, 15) is 0 Å². The second kappa shape index (κ2) is 4.46. The maximum atomic E-state index is 4.28. The van der Waals surface area contributed by atoms with Gasteiger partial charge in [-0.1, -0.05) is 13.3 Å². The summed E-state index contributed by atoms with van der Waals surface area (Å²) in [5.74, 6) is 0. The van der Waals surface area contributed by atoms with E-state index in [1.807, 2.05) is 24.6 Å². The molecule has 0 atom stereocenters. The van der Waals surface area contributed by atoms with E-state index in [0.29, 0.717) is 0 Å². The Bertz CT molecular complexity index is 187. The standard InChI is InChI=1S/C8H14N2S/c1-3-4-7-5-10-8(11-7)6-9-2/h5,9H,3-4,6H2,1-2H3. The normalized spacial score (nSPS) is 10.4. The van der Waals surface area contributed by atoms with Gasteiger partial charge < -0.3 is 5.32 Å². The van der Waals surface area contributed by atoms with E-state index in [4.69, 9.17) is 0 Å². The molecule has 0 radical (unpaired) electrons. The summed E-state index contributed by atoms with van der Waals surface area (Å²) in [6.45, 7) is 3.09. The fraction of sp³-hybridized carbons (Fsp3) is 0.625. The lowest BCUT2D eigenvalue weighted by atomic mass is 10.3. The number of rotatable bonds is 4. The van der Waals surface area contributed by atoms with E-state index in [1.54, 1.807) is 0 Å². The Hall–Kier alpha value is -0.410. The molecule has 1 aromatic heterocycles. The van der Waals surface area contributed by atoms with Crippen LogP contribution in [-0.2, 0) is 13.0 Å². The highest BCUT2D eigenvalue weighted by Crippen LogP contribution is 2.13. The van der Waals surface area contributed by atoms with Gasteiger partial charge in [0.1, 0.15) is 5.01 Å². The van der Waals surface area contributed by atoms with E-state index >= 15 is 0 Å². The first-order valence-electron chi connectivity index (χ1n) is 3.95. The van der Waals surface area contributed by atoms with Crippen LogP contribution in [0.25, 0.3) is 0 Å². The lowest BCUT2D eigenvalue weighted by Crippen LogP contribution is -2.03. The molecule has 3 heteroatoms. The minimum absolute atomic E-state index is 0.897.